The van der Waals surface area contributed by atoms with E-state index in [1.165, 1.54) is 0 Å². The number of aliphatic hydroxyl groups is 1. The van der Waals surface area contributed by atoms with Crippen LogP contribution in [0.3, 0.4) is 0 Å². The molecule has 0 aliphatic heterocycles. The zero-order chi connectivity index (χ0) is 19.1. The van der Waals surface area contributed by atoms with Crippen molar-refractivity contribution < 1.29 is 15.1 Å². The van der Waals surface area contributed by atoms with Gasteiger partial charge in [0.05, 0.1) is 5.69 Å². The molecule has 27 heavy (non-hydrogen) atoms. The third kappa shape index (κ3) is 5.61. The Morgan fingerprint density at radius 2 is 1.70 bits per heavy atom. The summed E-state index contributed by atoms with van der Waals surface area (Å²) in [6.45, 7) is 0.797. The Bertz CT molecular complexity index is 913. The van der Waals surface area contributed by atoms with Crippen molar-refractivity contribution >= 4 is 34.8 Å². The maximum atomic E-state index is 10.4. The molecular weight excluding hydrogens is 385 g/mol. The highest BCUT2D eigenvalue weighted by Gasteiger charge is 2.14. The maximum absolute atomic E-state index is 10.4. The van der Waals surface area contributed by atoms with Gasteiger partial charge >= 0.3 is 5.90 Å². The third-order valence-electron chi connectivity index (χ3n) is 3.74. The molecule has 0 fully saturated rings. The van der Waals surface area contributed by atoms with Crippen molar-refractivity contribution in [3.8, 4) is 0 Å². The van der Waals surface area contributed by atoms with Gasteiger partial charge in [-0.25, -0.2) is 0 Å². The molecule has 5 nitrogen and oxygen atoms in total. The predicted molar refractivity (Wildman–Crippen MR) is 107 cm³/mol. The van der Waals surface area contributed by atoms with Gasteiger partial charge < -0.3 is 10.4 Å². The summed E-state index contributed by atoms with van der Waals surface area (Å²) in [6, 6.07) is 16.4. The SMILES string of the molecule is O/C(=[NH+]\OCc1cc(Cl)cc(Cl)c1)c1ccccc1NCc1ccncc1. The number of benzene rings is 2. The van der Waals surface area contributed by atoms with Gasteiger partial charge in [-0.15, -0.1) is 0 Å². The van der Waals surface area contributed by atoms with E-state index < -0.39 is 0 Å². The summed E-state index contributed by atoms with van der Waals surface area (Å²) < 4.78 is 0. The standard InChI is InChI=1S/C20H17Cl2N3O2/c21-16-9-15(10-17(22)11-16)13-27-25-20(26)18-3-1-2-4-19(18)24-12-14-5-7-23-8-6-14/h1-11,24H,12-13H2,(H,25,26)/p+1. The molecule has 0 saturated carbocycles. The van der Waals surface area contributed by atoms with Crippen molar-refractivity contribution in [2.75, 3.05) is 5.32 Å². The second-order valence-corrected chi connectivity index (χ2v) is 6.64. The number of rotatable bonds is 7. The molecule has 2 aromatic carbocycles. The average molecular weight is 403 g/mol. The van der Waals surface area contributed by atoms with Crippen molar-refractivity contribution in [1.29, 1.82) is 0 Å². The van der Waals surface area contributed by atoms with E-state index in [0.717, 1.165) is 16.8 Å². The van der Waals surface area contributed by atoms with Crippen LogP contribution in [0.4, 0.5) is 5.69 Å². The molecule has 3 N–H and O–H groups in total. The minimum Gasteiger partial charge on any atom is -0.457 e. The summed E-state index contributed by atoms with van der Waals surface area (Å²) in [4.78, 5) is 9.37. The highest BCUT2D eigenvalue weighted by atomic mass is 35.5. The van der Waals surface area contributed by atoms with Crippen LogP contribution in [-0.4, -0.2) is 16.0 Å². The molecule has 0 spiro atoms. The van der Waals surface area contributed by atoms with E-state index in [4.69, 9.17) is 28.0 Å². The van der Waals surface area contributed by atoms with Crippen molar-refractivity contribution in [2.45, 2.75) is 13.2 Å². The smallest absolute Gasteiger partial charge is 0.415 e. The first-order chi connectivity index (χ1) is 13.1. The van der Waals surface area contributed by atoms with Gasteiger partial charge in [0.1, 0.15) is 5.56 Å². The van der Waals surface area contributed by atoms with Crippen LogP contribution in [0.5, 0.6) is 0 Å². The maximum Gasteiger partial charge on any atom is 0.415 e. The molecule has 1 aromatic heterocycles. The quantitative estimate of drug-likeness (QED) is 0.321. The van der Waals surface area contributed by atoms with E-state index in [-0.39, 0.29) is 12.5 Å². The number of para-hydroxylation sites is 1. The molecule has 0 saturated heterocycles. The summed E-state index contributed by atoms with van der Waals surface area (Å²) in [6.07, 6.45) is 3.48. The highest BCUT2D eigenvalue weighted by Crippen LogP contribution is 2.19. The monoisotopic (exact) mass is 402 g/mol. The second kappa shape index (κ2) is 9.26. The molecule has 1 heterocycles. The van der Waals surface area contributed by atoms with Crippen LogP contribution in [0.15, 0.2) is 67.0 Å². The number of pyridine rings is 1. The zero-order valence-corrected chi connectivity index (χ0v) is 15.8. The second-order valence-electron chi connectivity index (χ2n) is 5.77. The number of aromatic nitrogens is 1. The lowest BCUT2D eigenvalue weighted by Gasteiger charge is -2.08. The molecule has 0 aliphatic rings. The van der Waals surface area contributed by atoms with Gasteiger partial charge in [-0.3, -0.25) is 9.82 Å². The Morgan fingerprint density at radius 1 is 1.00 bits per heavy atom. The molecule has 0 aliphatic carbocycles. The first-order valence-electron chi connectivity index (χ1n) is 8.22. The zero-order valence-electron chi connectivity index (χ0n) is 14.3. The summed E-state index contributed by atoms with van der Waals surface area (Å²) in [5.74, 6) is -0.0963. The van der Waals surface area contributed by atoms with Crippen LogP contribution in [0, 0.1) is 0 Å². The van der Waals surface area contributed by atoms with Gasteiger partial charge in [0, 0.05) is 34.1 Å². The lowest BCUT2D eigenvalue weighted by atomic mass is 10.1. The fourth-order valence-corrected chi connectivity index (χ4v) is 3.05. The Labute approximate surface area is 167 Å². The Morgan fingerprint density at radius 3 is 2.44 bits per heavy atom. The predicted octanol–water partition coefficient (Wildman–Crippen LogP) is 3.52. The Hall–Kier alpha value is -2.76. The topological polar surface area (TPSA) is 68.4 Å². The van der Waals surface area contributed by atoms with Gasteiger partial charge in [0.15, 0.2) is 6.61 Å². The lowest BCUT2D eigenvalue weighted by Crippen LogP contribution is -2.72. The van der Waals surface area contributed by atoms with Crippen LogP contribution in [-0.2, 0) is 18.0 Å². The lowest BCUT2D eigenvalue weighted by molar-refractivity contribution is -0.762. The third-order valence-corrected chi connectivity index (χ3v) is 4.18. The Kier molecular flexibility index (Phi) is 6.52. The van der Waals surface area contributed by atoms with Crippen molar-refractivity contribution in [3.63, 3.8) is 0 Å². The van der Waals surface area contributed by atoms with Crippen LogP contribution >= 0.6 is 23.2 Å². The summed E-state index contributed by atoms with van der Waals surface area (Å²) >= 11 is 11.9. The van der Waals surface area contributed by atoms with Gasteiger partial charge in [0.25, 0.3) is 0 Å². The molecular formula is C20H18Cl2N3O2+. The molecule has 0 radical (unpaired) electrons. The van der Waals surface area contributed by atoms with Crippen molar-refractivity contribution in [3.05, 3.63) is 93.7 Å². The summed E-state index contributed by atoms with van der Waals surface area (Å²) in [7, 11) is 0. The highest BCUT2D eigenvalue weighted by molar-refractivity contribution is 6.34. The number of nitrogens with zero attached hydrogens (tertiary/aromatic N) is 1. The van der Waals surface area contributed by atoms with Crippen LogP contribution in [0.2, 0.25) is 10.0 Å². The van der Waals surface area contributed by atoms with Gasteiger partial charge in [-0.1, -0.05) is 35.3 Å². The van der Waals surface area contributed by atoms with Crippen molar-refractivity contribution in [1.82, 2.24) is 4.98 Å². The first-order valence-corrected chi connectivity index (χ1v) is 8.98. The van der Waals surface area contributed by atoms with E-state index in [1.807, 2.05) is 30.3 Å². The van der Waals surface area contributed by atoms with E-state index in [2.05, 4.69) is 15.5 Å². The molecule has 3 aromatic rings. The number of halogens is 2. The van der Waals surface area contributed by atoms with E-state index in [1.54, 1.807) is 36.7 Å². The minimum atomic E-state index is -0.0963. The molecule has 0 bridgehead atoms. The number of anilines is 1. The Balaban J connectivity index is 1.66. The van der Waals surface area contributed by atoms with Gasteiger partial charge in [0.2, 0.25) is 0 Å². The summed E-state index contributed by atoms with van der Waals surface area (Å²) in [5.41, 5.74) is 3.24. The molecule has 0 amide bonds. The number of aliphatic hydroxyl groups excluding tert-OH is 1. The van der Waals surface area contributed by atoms with E-state index in [0.29, 0.717) is 22.2 Å². The molecule has 138 valence electrons. The van der Waals surface area contributed by atoms with Crippen LogP contribution in [0.25, 0.3) is 0 Å². The number of hydrogen-bond donors (Lipinski definition) is 3. The summed E-state index contributed by atoms with van der Waals surface area (Å²) in [5, 5.41) is 17.3. The number of nitrogens with one attached hydrogen (secondary N) is 2. The molecule has 0 unspecified atom stereocenters. The van der Waals surface area contributed by atoms with E-state index >= 15 is 0 Å². The molecule has 0 atom stereocenters. The number of hydrogen-bond acceptors (Lipinski definition) is 3. The average Bonchev–Trinajstić information content (AvgIpc) is 2.66. The van der Waals surface area contributed by atoms with Crippen LogP contribution in [0.1, 0.15) is 16.7 Å². The van der Waals surface area contributed by atoms with Crippen molar-refractivity contribution in [2.24, 2.45) is 0 Å². The fourth-order valence-electron chi connectivity index (χ4n) is 2.48. The molecule has 3 rings (SSSR count). The normalized spacial score (nSPS) is 11.3. The largest absolute Gasteiger partial charge is 0.457 e. The van der Waals surface area contributed by atoms with Gasteiger partial charge in [-0.05, 0) is 53.6 Å². The molecule has 7 heteroatoms. The minimum absolute atomic E-state index is 0.0963. The van der Waals surface area contributed by atoms with Crippen LogP contribution < -0.4 is 10.5 Å². The van der Waals surface area contributed by atoms with Gasteiger partial charge in [-0.2, -0.15) is 0 Å². The fraction of sp³-hybridized carbons (Fsp3) is 0.100. The van der Waals surface area contributed by atoms with E-state index in [9.17, 15) is 5.11 Å². The first kappa shape index (κ1) is 19.0.